The Balaban J connectivity index is -0.000000508. The maximum atomic E-state index is 11.3. The second-order valence-electron chi connectivity index (χ2n) is 4.23. The van der Waals surface area contributed by atoms with E-state index in [2.05, 4.69) is 5.32 Å². The van der Waals surface area contributed by atoms with Crippen LogP contribution in [0.25, 0.3) is 0 Å². The molecule has 0 saturated heterocycles. The van der Waals surface area contributed by atoms with Crippen LogP contribution in [0.4, 0.5) is 4.79 Å². The second-order valence-corrected chi connectivity index (χ2v) is 4.23. The molecular formula is C10H17CaNO8. The molecule has 0 spiro atoms. The van der Waals surface area contributed by atoms with Crippen molar-refractivity contribution in [3.8, 4) is 0 Å². The number of nitrogens with one attached hydrogen (secondary N) is 1. The van der Waals surface area contributed by atoms with Gasteiger partial charge in [0.25, 0.3) is 0 Å². The Hall–Kier alpha value is -0.610. The van der Waals surface area contributed by atoms with Crippen molar-refractivity contribution in [1.82, 2.24) is 5.32 Å². The number of rotatable bonds is 6. The van der Waals surface area contributed by atoms with Crippen LogP contribution in [0.3, 0.4) is 0 Å². The van der Waals surface area contributed by atoms with Crippen molar-refractivity contribution in [3.05, 3.63) is 0 Å². The number of hydrogen-bond donors (Lipinski definition) is 4. The molecule has 0 aromatic heterocycles. The molecular weight excluding hydrogens is 302 g/mol. The molecule has 112 valence electrons. The van der Waals surface area contributed by atoms with Crippen LogP contribution in [0.1, 0.15) is 20.3 Å². The molecule has 0 aliphatic heterocycles. The fourth-order valence-electron chi connectivity index (χ4n) is 0.831. The van der Waals surface area contributed by atoms with E-state index >= 15 is 0 Å². The third kappa shape index (κ3) is 13.8. The first-order valence-corrected chi connectivity index (χ1v) is 5.21. The van der Waals surface area contributed by atoms with Gasteiger partial charge in [-0.05, 0) is 6.16 Å². The van der Waals surface area contributed by atoms with E-state index in [1.54, 1.807) is 0 Å². The first kappa shape index (κ1) is 24.4. The van der Waals surface area contributed by atoms with Crippen LogP contribution in [-0.2, 0) is 9.59 Å². The normalized spacial score (nSPS) is 11.2. The van der Waals surface area contributed by atoms with Crippen molar-refractivity contribution in [2.75, 3.05) is 13.2 Å². The Morgan fingerprint density at radius 2 is 1.65 bits per heavy atom. The zero-order valence-electron chi connectivity index (χ0n) is 11.3. The zero-order chi connectivity index (χ0) is 15.6. The monoisotopic (exact) mass is 319 g/mol. The molecule has 9 nitrogen and oxygen atoms in total. The summed E-state index contributed by atoms with van der Waals surface area (Å²) in [6, 6.07) is 0. The van der Waals surface area contributed by atoms with Crippen molar-refractivity contribution < 1.29 is 39.9 Å². The number of aliphatic carboxylic acids is 1. The molecule has 0 aromatic carbocycles. The summed E-state index contributed by atoms with van der Waals surface area (Å²) in [5.41, 5.74) is -0.937. The van der Waals surface area contributed by atoms with Gasteiger partial charge in [-0.2, -0.15) is 0 Å². The van der Waals surface area contributed by atoms with Crippen molar-refractivity contribution in [1.29, 1.82) is 0 Å². The molecule has 0 aliphatic carbocycles. The quantitative estimate of drug-likeness (QED) is 0.360. The Morgan fingerprint density at radius 3 is 1.95 bits per heavy atom. The summed E-state index contributed by atoms with van der Waals surface area (Å²) in [5.74, 6) is -1.69. The number of aliphatic hydroxyl groups is 2. The second kappa shape index (κ2) is 12.2. The molecule has 0 heterocycles. The van der Waals surface area contributed by atoms with Crippen LogP contribution in [0.15, 0.2) is 0 Å². The standard InChI is InChI=1S/C9H17NO5.CH2O3.Ca/c1-9(2,5-11)7(14)8(15)10-4-3-6(12)13;2-1(3)4;/h7,11,14H,3-5H2,1-2H3,(H,10,15)(H,12,13);(H2,2,3,4);/q;;+2/p-2/t7-;;/m1../s1. The van der Waals surface area contributed by atoms with E-state index in [0.717, 1.165) is 0 Å². The topological polar surface area (TPSA) is 170 Å². The molecule has 10 heteroatoms. The molecule has 1 atom stereocenters. The van der Waals surface area contributed by atoms with Crippen LogP contribution in [0.5, 0.6) is 0 Å². The summed E-state index contributed by atoms with van der Waals surface area (Å²) in [6.45, 7) is 2.70. The Kier molecular flexibility index (Phi) is 14.8. The molecule has 20 heavy (non-hydrogen) atoms. The van der Waals surface area contributed by atoms with E-state index in [0.29, 0.717) is 0 Å². The minimum Gasteiger partial charge on any atom is -0.652 e. The number of carbonyl (C=O) groups is 3. The minimum absolute atomic E-state index is 0. The van der Waals surface area contributed by atoms with E-state index in [1.165, 1.54) is 13.8 Å². The summed E-state index contributed by atoms with van der Waals surface area (Å²) >= 11 is 0. The van der Waals surface area contributed by atoms with Crippen LogP contribution in [-0.4, -0.2) is 90.3 Å². The zero-order valence-corrected chi connectivity index (χ0v) is 13.5. The van der Waals surface area contributed by atoms with Crippen LogP contribution >= 0.6 is 0 Å². The maximum Gasteiger partial charge on any atom is 2.00 e. The summed E-state index contributed by atoms with van der Waals surface area (Å²) in [5, 5.41) is 45.6. The Bertz CT molecular complexity index is 316. The fourth-order valence-corrected chi connectivity index (χ4v) is 0.831. The van der Waals surface area contributed by atoms with Crippen molar-refractivity contribution in [2.45, 2.75) is 26.4 Å². The van der Waals surface area contributed by atoms with Gasteiger partial charge in [-0.25, -0.2) is 0 Å². The molecule has 1 amide bonds. The first-order valence-electron chi connectivity index (χ1n) is 5.21. The van der Waals surface area contributed by atoms with Gasteiger partial charge in [0.15, 0.2) is 0 Å². The fraction of sp³-hybridized carbons (Fsp3) is 0.700. The first-order chi connectivity index (χ1) is 8.54. The molecule has 0 aliphatic rings. The Morgan fingerprint density at radius 1 is 1.25 bits per heavy atom. The minimum atomic E-state index is -2.33. The van der Waals surface area contributed by atoms with Crippen molar-refractivity contribution in [2.24, 2.45) is 5.41 Å². The molecule has 0 saturated carbocycles. The average Bonchev–Trinajstić information content (AvgIpc) is 2.26. The van der Waals surface area contributed by atoms with Crippen molar-refractivity contribution in [3.63, 3.8) is 0 Å². The van der Waals surface area contributed by atoms with Gasteiger partial charge < -0.3 is 35.6 Å². The van der Waals surface area contributed by atoms with E-state index < -0.39 is 29.6 Å². The molecule has 0 rings (SSSR count). The number of amides is 1. The maximum absolute atomic E-state index is 11.3. The third-order valence-electron chi connectivity index (χ3n) is 2.03. The summed E-state index contributed by atoms with van der Waals surface area (Å²) in [6.07, 6.45) is -3.88. The van der Waals surface area contributed by atoms with Crippen LogP contribution < -0.4 is 15.5 Å². The van der Waals surface area contributed by atoms with Gasteiger partial charge in [-0.15, -0.1) is 0 Å². The number of carbonyl (C=O) groups excluding carboxylic acids is 2. The van der Waals surface area contributed by atoms with E-state index in [-0.39, 0.29) is 57.3 Å². The van der Waals surface area contributed by atoms with Gasteiger partial charge in [0, 0.05) is 12.0 Å². The van der Waals surface area contributed by atoms with Gasteiger partial charge in [0.2, 0.25) is 5.91 Å². The third-order valence-corrected chi connectivity index (χ3v) is 2.03. The average molecular weight is 319 g/mol. The van der Waals surface area contributed by atoms with Gasteiger partial charge in [-0.1, -0.05) is 13.8 Å². The molecule has 0 bridgehead atoms. The molecule has 0 aromatic rings. The Labute approximate surface area is 145 Å². The largest absolute Gasteiger partial charge is 2.00 e. The molecule has 0 unspecified atom stereocenters. The van der Waals surface area contributed by atoms with Gasteiger partial charge in [0.05, 0.1) is 13.0 Å². The summed E-state index contributed by atoms with van der Waals surface area (Å²) < 4.78 is 0. The van der Waals surface area contributed by atoms with Crippen LogP contribution in [0.2, 0.25) is 0 Å². The van der Waals surface area contributed by atoms with Gasteiger partial charge in [-0.3, -0.25) is 9.59 Å². The smallest absolute Gasteiger partial charge is 0.652 e. The van der Waals surface area contributed by atoms with Gasteiger partial charge in [0.1, 0.15) is 6.10 Å². The number of carboxylic acids is 1. The number of carboxylic acid groups (broad SMARTS) is 3. The number of aliphatic hydroxyl groups excluding tert-OH is 2. The summed E-state index contributed by atoms with van der Waals surface area (Å²) in [7, 11) is 0. The summed E-state index contributed by atoms with van der Waals surface area (Å²) in [4.78, 5) is 29.7. The predicted octanol–water partition coefficient (Wildman–Crippen LogP) is -3.87. The number of hydrogen-bond acceptors (Lipinski definition) is 7. The molecule has 0 fully saturated rings. The van der Waals surface area contributed by atoms with E-state index in [4.69, 9.17) is 25.2 Å². The van der Waals surface area contributed by atoms with E-state index in [1.807, 2.05) is 0 Å². The molecule has 0 radical (unpaired) electrons. The van der Waals surface area contributed by atoms with Gasteiger partial charge >= 0.3 is 43.7 Å². The van der Waals surface area contributed by atoms with Crippen molar-refractivity contribution >= 4 is 55.8 Å². The SMILES string of the molecule is CC(C)(CO)[C@H](O)C(=O)NCCC(=O)O.O=C([O-])[O-].[Ca+2]. The predicted molar refractivity (Wildman–Crippen MR) is 63.3 cm³/mol. The van der Waals surface area contributed by atoms with Crippen LogP contribution in [0, 0.1) is 5.41 Å². The van der Waals surface area contributed by atoms with E-state index in [9.17, 15) is 14.7 Å². The molecule has 4 N–H and O–H groups in total.